The summed E-state index contributed by atoms with van der Waals surface area (Å²) in [7, 11) is -4.15. The number of rotatable bonds is 12. The molecule has 2 amide bonds. The van der Waals surface area contributed by atoms with E-state index in [0.717, 1.165) is 9.87 Å². The number of hydrogen-bond donors (Lipinski definition) is 1. The van der Waals surface area contributed by atoms with Crippen molar-refractivity contribution in [1.29, 1.82) is 0 Å². The number of nitrogens with one attached hydrogen (secondary N) is 1. The van der Waals surface area contributed by atoms with Crippen molar-refractivity contribution < 1.29 is 18.0 Å². The summed E-state index contributed by atoms with van der Waals surface area (Å²) in [5.74, 6) is -0.893. The summed E-state index contributed by atoms with van der Waals surface area (Å²) >= 11 is 13.0. The molecule has 3 aromatic carbocycles. The molecule has 0 radical (unpaired) electrons. The Bertz CT molecular complexity index is 1460. The summed E-state index contributed by atoms with van der Waals surface area (Å²) in [5, 5.41) is 3.64. The average molecular weight is 619 g/mol. The van der Waals surface area contributed by atoms with Crippen LogP contribution in [0.3, 0.4) is 0 Å². The first-order chi connectivity index (χ1) is 19.4. The Morgan fingerprint density at radius 2 is 1.54 bits per heavy atom. The van der Waals surface area contributed by atoms with Crippen LogP contribution in [0.15, 0.2) is 71.6 Å². The second kappa shape index (κ2) is 14.2. The van der Waals surface area contributed by atoms with Crippen LogP contribution in [-0.4, -0.2) is 43.8 Å². The number of anilines is 1. The average Bonchev–Trinajstić information content (AvgIpc) is 2.94. The van der Waals surface area contributed by atoms with Gasteiger partial charge in [-0.25, -0.2) is 8.42 Å². The molecule has 0 aliphatic carbocycles. The van der Waals surface area contributed by atoms with E-state index in [1.54, 1.807) is 56.3 Å². The largest absolute Gasteiger partial charge is 0.352 e. The highest BCUT2D eigenvalue weighted by Gasteiger charge is 2.35. The van der Waals surface area contributed by atoms with Gasteiger partial charge in [0.05, 0.1) is 10.6 Å². The number of hydrogen-bond acceptors (Lipinski definition) is 4. The fraction of sp³-hybridized carbons (Fsp3) is 0.355. The van der Waals surface area contributed by atoms with E-state index in [9.17, 15) is 18.0 Å². The molecule has 0 spiro atoms. The normalized spacial score (nSPS) is 12.9. The molecular weight excluding hydrogens is 581 g/mol. The minimum atomic E-state index is -4.15. The molecule has 0 aromatic heterocycles. The molecule has 0 aliphatic rings. The van der Waals surface area contributed by atoms with Crippen molar-refractivity contribution in [2.45, 2.75) is 71.0 Å². The number of amides is 2. The zero-order chi connectivity index (χ0) is 30.3. The zero-order valence-electron chi connectivity index (χ0n) is 24.0. The second-order valence-corrected chi connectivity index (χ2v) is 12.8. The predicted molar refractivity (Wildman–Crippen MR) is 166 cm³/mol. The molecule has 0 aliphatic heterocycles. The van der Waals surface area contributed by atoms with Crippen LogP contribution in [-0.2, 0) is 26.2 Å². The van der Waals surface area contributed by atoms with E-state index in [1.165, 1.54) is 17.0 Å². The number of sulfonamides is 1. The van der Waals surface area contributed by atoms with Crippen LogP contribution in [0.5, 0.6) is 0 Å². The number of benzene rings is 3. The van der Waals surface area contributed by atoms with Crippen LogP contribution < -0.4 is 9.62 Å². The van der Waals surface area contributed by atoms with Crippen molar-refractivity contribution >= 4 is 50.7 Å². The third-order valence-electron chi connectivity index (χ3n) is 7.02. The number of nitrogens with zero attached hydrogens (tertiary/aromatic N) is 2. The standard InChI is InChI=1S/C31H37Cl2N3O4S/c1-6-23(5)34-31(38)28(7-2)35(19-25-26(32)14-11-15-27(25)33)30(37)20-36(29-18-21(3)16-17-22(29)4)41(39,40)24-12-9-8-10-13-24/h8-18,23,28H,6-7,19-20H2,1-5H3,(H,34,38)/t23-,28-/m1/s1. The van der Waals surface area contributed by atoms with Crippen LogP contribution >= 0.6 is 23.2 Å². The Kier molecular flexibility index (Phi) is 11.2. The van der Waals surface area contributed by atoms with Crippen molar-refractivity contribution in [3.8, 4) is 0 Å². The van der Waals surface area contributed by atoms with E-state index in [4.69, 9.17) is 23.2 Å². The third-order valence-corrected chi connectivity index (χ3v) is 9.50. The van der Waals surface area contributed by atoms with E-state index < -0.39 is 28.5 Å². The number of aryl methyl sites for hydroxylation is 2. The smallest absolute Gasteiger partial charge is 0.264 e. The van der Waals surface area contributed by atoms with Gasteiger partial charge in [0.1, 0.15) is 12.6 Å². The molecule has 3 aromatic rings. The molecule has 220 valence electrons. The molecular formula is C31H37Cl2N3O4S. The Morgan fingerprint density at radius 3 is 2.12 bits per heavy atom. The lowest BCUT2D eigenvalue weighted by molar-refractivity contribution is -0.140. The lowest BCUT2D eigenvalue weighted by Crippen LogP contribution is -2.53. The lowest BCUT2D eigenvalue weighted by atomic mass is 10.1. The van der Waals surface area contributed by atoms with Crippen molar-refractivity contribution in [2.75, 3.05) is 10.8 Å². The zero-order valence-corrected chi connectivity index (χ0v) is 26.4. The fourth-order valence-electron chi connectivity index (χ4n) is 4.44. The Balaban J connectivity index is 2.13. The quantitative estimate of drug-likeness (QED) is 0.250. The molecule has 0 unspecified atom stereocenters. The van der Waals surface area contributed by atoms with Gasteiger partial charge in [-0.3, -0.25) is 13.9 Å². The molecule has 0 bridgehead atoms. The van der Waals surface area contributed by atoms with Crippen molar-refractivity contribution in [1.82, 2.24) is 10.2 Å². The molecule has 41 heavy (non-hydrogen) atoms. The Labute approximate surface area is 253 Å². The van der Waals surface area contributed by atoms with E-state index in [0.29, 0.717) is 39.7 Å². The number of halogens is 2. The van der Waals surface area contributed by atoms with Gasteiger partial charge in [-0.05, 0) is 75.1 Å². The second-order valence-electron chi connectivity index (χ2n) is 10.1. The first kappa shape index (κ1) is 32.4. The summed E-state index contributed by atoms with van der Waals surface area (Å²) in [6, 6.07) is 17.4. The van der Waals surface area contributed by atoms with Crippen LogP contribution in [0.4, 0.5) is 5.69 Å². The van der Waals surface area contributed by atoms with Gasteiger partial charge in [-0.15, -0.1) is 0 Å². The van der Waals surface area contributed by atoms with Crippen LogP contribution in [0.1, 0.15) is 50.3 Å². The van der Waals surface area contributed by atoms with Crippen molar-refractivity contribution in [3.05, 3.63) is 93.5 Å². The van der Waals surface area contributed by atoms with Gasteiger partial charge in [-0.1, -0.05) is 73.4 Å². The highest BCUT2D eigenvalue weighted by atomic mass is 35.5. The van der Waals surface area contributed by atoms with E-state index >= 15 is 0 Å². The van der Waals surface area contributed by atoms with Crippen LogP contribution in [0.25, 0.3) is 0 Å². The van der Waals surface area contributed by atoms with E-state index in [2.05, 4.69) is 5.32 Å². The molecule has 7 nitrogen and oxygen atoms in total. The topological polar surface area (TPSA) is 86.8 Å². The number of carbonyl (C=O) groups is 2. The summed E-state index contributed by atoms with van der Waals surface area (Å²) in [4.78, 5) is 29.1. The van der Waals surface area contributed by atoms with Gasteiger partial charge in [0.15, 0.2) is 0 Å². The molecule has 10 heteroatoms. The maximum absolute atomic E-state index is 14.2. The summed E-state index contributed by atoms with van der Waals surface area (Å²) in [6.45, 7) is 8.69. The highest BCUT2D eigenvalue weighted by Crippen LogP contribution is 2.30. The van der Waals surface area contributed by atoms with Crippen LogP contribution in [0.2, 0.25) is 10.0 Å². The molecule has 2 atom stereocenters. The molecule has 0 heterocycles. The van der Waals surface area contributed by atoms with Gasteiger partial charge in [0.2, 0.25) is 11.8 Å². The number of carbonyl (C=O) groups excluding carboxylic acids is 2. The minimum absolute atomic E-state index is 0.0518. The van der Waals surface area contributed by atoms with Gasteiger partial charge >= 0.3 is 0 Å². The lowest BCUT2D eigenvalue weighted by Gasteiger charge is -2.34. The van der Waals surface area contributed by atoms with Crippen molar-refractivity contribution in [2.24, 2.45) is 0 Å². The molecule has 1 N–H and O–H groups in total. The first-order valence-corrected chi connectivity index (χ1v) is 15.8. The van der Waals surface area contributed by atoms with Crippen LogP contribution in [0, 0.1) is 13.8 Å². The molecule has 3 rings (SSSR count). The highest BCUT2D eigenvalue weighted by molar-refractivity contribution is 7.92. The maximum Gasteiger partial charge on any atom is 0.264 e. The molecule has 0 saturated carbocycles. The Hall–Kier alpha value is -3.07. The maximum atomic E-state index is 14.2. The van der Waals surface area contributed by atoms with Gasteiger partial charge in [0, 0.05) is 28.2 Å². The summed E-state index contributed by atoms with van der Waals surface area (Å²) < 4.78 is 29.1. The third kappa shape index (κ3) is 7.82. The van der Waals surface area contributed by atoms with Gasteiger partial charge in [0.25, 0.3) is 10.0 Å². The summed E-state index contributed by atoms with van der Waals surface area (Å²) in [6.07, 6.45) is 1.01. The Morgan fingerprint density at radius 1 is 0.902 bits per heavy atom. The SMILES string of the molecule is CC[C@@H](C)NC(=O)[C@@H](CC)N(Cc1c(Cl)cccc1Cl)C(=O)CN(c1cc(C)ccc1C)S(=O)(=O)c1ccccc1. The minimum Gasteiger partial charge on any atom is -0.352 e. The van der Waals surface area contributed by atoms with Gasteiger partial charge in [-0.2, -0.15) is 0 Å². The van der Waals surface area contributed by atoms with Crippen molar-refractivity contribution in [3.63, 3.8) is 0 Å². The summed E-state index contributed by atoms with van der Waals surface area (Å²) in [5.41, 5.74) is 2.38. The monoisotopic (exact) mass is 617 g/mol. The predicted octanol–water partition coefficient (Wildman–Crippen LogP) is 6.53. The van der Waals surface area contributed by atoms with Gasteiger partial charge < -0.3 is 10.2 Å². The molecule has 0 fully saturated rings. The fourth-order valence-corrected chi connectivity index (χ4v) is 6.44. The van der Waals surface area contributed by atoms with E-state index in [-0.39, 0.29) is 23.4 Å². The van der Waals surface area contributed by atoms with E-state index in [1.807, 2.05) is 32.9 Å². The molecule has 0 saturated heterocycles. The first-order valence-electron chi connectivity index (χ1n) is 13.6.